The van der Waals surface area contributed by atoms with Gasteiger partial charge in [-0.25, -0.2) is 19.6 Å². The summed E-state index contributed by atoms with van der Waals surface area (Å²) < 4.78 is 4.48. The largest absolute Gasteiger partial charge is 0.394 e. The Hall–Kier alpha value is -4.28. The molecule has 4 aliphatic heterocycles. The average molecular weight is 721 g/mol. The zero-order valence-corrected chi connectivity index (χ0v) is 28.6. The fourth-order valence-corrected chi connectivity index (χ4v) is 5.68. The van der Waals surface area contributed by atoms with Gasteiger partial charge in [-0.15, -0.1) is 0 Å². The van der Waals surface area contributed by atoms with Gasteiger partial charge in [-0.3, -0.25) is 18.7 Å². The van der Waals surface area contributed by atoms with Crippen molar-refractivity contribution >= 4 is 0 Å². The Kier molecular flexibility index (Phi) is 12.7. The normalized spacial score (nSPS) is 15.6. The molecule has 51 heavy (non-hydrogen) atoms. The van der Waals surface area contributed by atoms with Crippen molar-refractivity contribution in [2.45, 2.75) is 110 Å². The molecule has 0 spiro atoms. The molecule has 0 bridgehead atoms. The van der Waals surface area contributed by atoms with Crippen LogP contribution in [0.1, 0.15) is 42.0 Å². The van der Waals surface area contributed by atoms with Gasteiger partial charge in [0.25, 0.3) is 11.1 Å². The van der Waals surface area contributed by atoms with Crippen LogP contribution >= 0.6 is 0 Å². The van der Waals surface area contributed by atoms with Gasteiger partial charge in [-0.05, 0) is 47.0 Å². The number of aromatic nitrogens is 8. The molecule has 6 atom stereocenters. The Balaban J connectivity index is 1.51. The predicted octanol–water partition coefficient (Wildman–Crippen LogP) is -4.62. The molecule has 0 amide bonds. The zero-order valence-electron chi connectivity index (χ0n) is 28.6. The highest BCUT2D eigenvalue weighted by Crippen LogP contribution is 2.20. The number of aryl methyl sites for hydroxylation is 2. The van der Waals surface area contributed by atoms with Crippen LogP contribution in [0, 0.1) is 27.7 Å². The Morgan fingerprint density at radius 1 is 0.510 bits per heavy atom. The SMILES string of the molecule is Cc1nc2c(=O)n(CCCCCn3c(=O)nc4n(C[C@H](O)[C@H](O)[C@H](O)CO)c(C)c(C)nc-4c3=O)c(=O)nc-2n(C[C@H](O)[C@H](O)[C@H](O)CO)c1C. The topological polar surface area (TPSA) is 301 Å². The maximum Gasteiger partial charge on any atom is 0.352 e. The van der Waals surface area contributed by atoms with Crippen molar-refractivity contribution in [3.63, 3.8) is 0 Å². The first-order chi connectivity index (χ1) is 24.0. The molecule has 4 heterocycles. The summed E-state index contributed by atoms with van der Waals surface area (Å²) in [5.74, 6) is -0.261. The molecule has 0 aliphatic carbocycles. The van der Waals surface area contributed by atoms with Crippen molar-refractivity contribution in [1.29, 1.82) is 0 Å². The van der Waals surface area contributed by atoms with Gasteiger partial charge in [0.05, 0.1) is 37.7 Å². The van der Waals surface area contributed by atoms with E-state index in [0.29, 0.717) is 29.2 Å². The van der Waals surface area contributed by atoms with Crippen LogP contribution in [0.3, 0.4) is 0 Å². The van der Waals surface area contributed by atoms with Gasteiger partial charge < -0.3 is 50.0 Å². The first-order valence-electron chi connectivity index (χ1n) is 16.3. The molecule has 20 heteroatoms. The molecule has 0 aromatic carbocycles. The van der Waals surface area contributed by atoms with Gasteiger partial charge in [0.1, 0.15) is 36.6 Å². The van der Waals surface area contributed by atoms with E-state index in [-0.39, 0.29) is 62.1 Å². The summed E-state index contributed by atoms with van der Waals surface area (Å²) in [6, 6.07) is 0. The second kappa shape index (κ2) is 16.4. The van der Waals surface area contributed by atoms with E-state index in [4.69, 9.17) is 10.2 Å². The van der Waals surface area contributed by atoms with E-state index < -0.39 is 72.3 Å². The fourth-order valence-electron chi connectivity index (χ4n) is 5.68. The molecule has 0 fully saturated rings. The van der Waals surface area contributed by atoms with E-state index in [1.54, 1.807) is 27.7 Å². The molecule has 0 radical (unpaired) electrons. The van der Waals surface area contributed by atoms with Crippen molar-refractivity contribution in [2.75, 3.05) is 13.2 Å². The zero-order chi connectivity index (χ0) is 37.9. The Bertz CT molecular complexity index is 1880. The van der Waals surface area contributed by atoms with E-state index in [1.807, 2.05) is 0 Å². The van der Waals surface area contributed by atoms with Crippen molar-refractivity contribution in [3.8, 4) is 23.0 Å². The summed E-state index contributed by atoms with van der Waals surface area (Å²) in [6.45, 7) is 4.00. The van der Waals surface area contributed by atoms with Crippen LogP contribution in [0.15, 0.2) is 19.2 Å². The van der Waals surface area contributed by atoms with Crippen molar-refractivity contribution in [2.24, 2.45) is 0 Å². The molecule has 4 aliphatic rings. The lowest BCUT2D eigenvalue weighted by Gasteiger charge is -2.25. The number of rotatable bonds is 16. The molecule has 20 nitrogen and oxygen atoms in total. The van der Waals surface area contributed by atoms with Crippen LogP contribution in [-0.2, 0) is 26.2 Å². The summed E-state index contributed by atoms with van der Waals surface area (Å²) in [6.07, 6.45) is -8.92. The van der Waals surface area contributed by atoms with Crippen molar-refractivity contribution in [1.82, 2.24) is 38.2 Å². The average Bonchev–Trinajstić information content (AvgIpc) is 3.10. The molecule has 4 rings (SSSR count). The lowest BCUT2D eigenvalue weighted by atomic mass is 10.1. The van der Waals surface area contributed by atoms with Crippen LogP contribution < -0.4 is 22.5 Å². The van der Waals surface area contributed by atoms with Crippen LogP contribution in [0.4, 0.5) is 0 Å². The van der Waals surface area contributed by atoms with Crippen LogP contribution in [-0.4, -0.2) is 129 Å². The third-order valence-corrected chi connectivity index (χ3v) is 9.07. The number of unbranched alkanes of at least 4 members (excludes halogenated alkanes) is 2. The highest BCUT2D eigenvalue weighted by atomic mass is 16.4. The minimum atomic E-state index is -1.72. The second-order valence-electron chi connectivity index (χ2n) is 12.5. The molecule has 0 saturated carbocycles. The maximum atomic E-state index is 13.4. The lowest BCUT2D eigenvalue weighted by molar-refractivity contribution is -0.0807. The fraction of sp³-hybridized carbons (Fsp3) is 0.613. The third kappa shape index (κ3) is 8.12. The number of hydrogen-bond acceptors (Lipinski definition) is 16. The third-order valence-electron chi connectivity index (χ3n) is 9.07. The molecule has 0 saturated heterocycles. The van der Waals surface area contributed by atoms with Gasteiger partial charge in [-0.2, -0.15) is 9.97 Å². The highest BCUT2D eigenvalue weighted by Gasteiger charge is 2.30. The Morgan fingerprint density at radius 3 is 1.20 bits per heavy atom. The van der Waals surface area contributed by atoms with Gasteiger partial charge in [0, 0.05) is 24.5 Å². The molecule has 8 N–H and O–H groups in total. The summed E-state index contributed by atoms with van der Waals surface area (Å²) in [7, 11) is 0. The minimum Gasteiger partial charge on any atom is -0.394 e. The summed E-state index contributed by atoms with van der Waals surface area (Å²) in [5.41, 5.74) is -1.91. The van der Waals surface area contributed by atoms with E-state index in [1.165, 1.54) is 9.13 Å². The van der Waals surface area contributed by atoms with Gasteiger partial charge in [-0.1, -0.05) is 0 Å². The lowest BCUT2D eigenvalue weighted by Crippen LogP contribution is -2.43. The number of aliphatic hydroxyl groups is 8. The maximum absolute atomic E-state index is 13.4. The molecular formula is C31H44N8O12. The second-order valence-corrected chi connectivity index (χ2v) is 12.5. The molecule has 0 aromatic heterocycles. The summed E-state index contributed by atoms with van der Waals surface area (Å²) >= 11 is 0. The number of hydrogen-bond donors (Lipinski definition) is 8. The highest BCUT2D eigenvalue weighted by molar-refractivity contribution is 5.51. The molecular weight excluding hydrogens is 676 g/mol. The number of fused-ring (bicyclic) bond motifs is 2. The van der Waals surface area contributed by atoms with Crippen molar-refractivity contribution in [3.05, 3.63) is 64.5 Å². The Morgan fingerprint density at radius 2 is 0.863 bits per heavy atom. The molecule has 0 unspecified atom stereocenters. The molecule has 280 valence electrons. The van der Waals surface area contributed by atoms with Crippen LogP contribution in [0.2, 0.25) is 0 Å². The van der Waals surface area contributed by atoms with Crippen molar-refractivity contribution < 1.29 is 40.9 Å². The first kappa shape index (κ1) is 39.5. The van der Waals surface area contributed by atoms with E-state index >= 15 is 0 Å². The van der Waals surface area contributed by atoms with E-state index in [0.717, 1.165) is 9.13 Å². The minimum absolute atomic E-state index is 0.0620. The van der Waals surface area contributed by atoms with Gasteiger partial charge in [0.15, 0.2) is 23.0 Å². The smallest absolute Gasteiger partial charge is 0.352 e. The standard InChI is InChI=1S/C31H44N8O12/c1-14-16(3)38(10-18(42)24(46)20(44)12-40)26-22(32-14)28(48)36(30(50)34-26)8-6-5-7-9-37-29(49)23-27(35-31(37)51)39(17(4)15(2)33-23)11-19(43)25(47)21(45)13-41/h18-21,24-25,40-47H,5-13H2,1-4H3/t18-,19-,20+,21+,24-,25-/m0/s1. The molecule has 0 aromatic rings. The van der Waals surface area contributed by atoms with E-state index in [9.17, 15) is 49.8 Å². The van der Waals surface area contributed by atoms with Crippen LogP contribution in [0.25, 0.3) is 23.0 Å². The quantitative estimate of drug-likeness (QED) is 0.0505. The van der Waals surface area contributed by atoms with E-state index in [2.05, 4.69) is 19.9 Å². The van der Waals surface area contributed by atoms with Crippen LogP contribution in [0.5, 0.6) is 0 Å². The van der Waals surface area contributed by atoms with Gasteiger partial charge >= 0.3 is 11.4 Å². The predicted molar refractivity (Wildman–Crippen MR) is 177 cm³/mol. The van der Waals surface area contributed by atoms with Gasteiger partial charge in [0.2, 0.25) is 0 Å². The Labute approximate surface area is 289 Å². The monoisotopic (exact) mass is 720 g/mol. The summed E-state index contributed by atoms with van der Waals surface area (Å²) in [4.78, 5) is 69.3. The number of aliphatic hydroxyl groups excluding tert-OH is 8. The number of nitrogens with zero attached hydrogens (tertiary/aromatic N) is 8. The summed E-state index contributed by atoms with van der Waals surface area (Å²) in [5, 5.41) is 78.8. The first-order valence-corrected chi connectivity index (χ1v) is 16.3.